The first kappa shape index (κ1) is 17.2. The van der Waals surface area contributed by atoms with Gasteiger partial charge in [0.15, 0.2) is 0 Å². The molecular weight excluding hydrogens is 336 g/mol. The Hall–Kier alpha value is -2.59. The van der Waals surface area contributed by atoms with Gasteiger partial charge < -0.3 is 5.32 Å². The Kier molecular flexibility index (Phi) is 4.39. The van der Waals surface area contributed by atoms with Crippen LogP contribution >= 0.6 is 11.6 Å². The standard InChI is InChI=1S/C20H19ClN2O2/c1-11-5-8-15(13(3)9-11)17-18(20(25)23(4)19(17)24)22-14-7-6-12(2)16(21)10-14/h5-10,22H,1-4H3. The Morgan fingerprint density at radius 2 is 1.64 bits per heavy atom. The van der Waals surface area contributed by atoms with Gasteiger partial charge in [0.05, 0.1) is 5.57 Å². The number of aryl methyl sites for hydroxylation is 3. The topological polar surface area (TPSA) is 49.4 Å². The van der Waals surface area contributed by atoms with Crippen molar-refractivity contribution in [3.8, 4) is 0 Å². The minimum Gasteiger partial charge on any atom is -0.350 e. The van der Waals surface area contributed by atoms with E-state index >= 15 is 0 Å². The Morgan fingerprint density at radius 1 is 0.920 bits per heavy atom. The smallest absolute Gasteiger partial charge is 0.277 e. The summed E-state index contributed by atoms with van der Waals surface area (Å²) in [7, 11) is 1.49. The lowest BCUT2D eigenvalue weighted by Gasteiger charge is -2.11. The second-order valence-corrected chi connectivity index (χ2v) is 6.73. The van der Waals surface area contributed by atoms with Gasteiger partial charge in [-0.3, -0.25) is 14.5 Å². The molecule has 0 fully saturated rings. The molecule has 2 aromatic carbocycles. The Labute approximate surface area is 152 Å². The maximum atomic E-state index is 12.7. The number of halogens is 1. The molecular formula is C20H19ClN2O2. The molecule has 1 aliphatic heterocycles. The van der Waals surface area contributed by atoms with Crippen molar-refractivity contribution < 1.29 is 9.59 Å². The van der Waals surface area contributed by atoms with Crippen LogP contribution in [-0.4, -0.2) is 23.8 Å². The number of anilines is 1. The summed E-state index contributed by atoms with van der Waals surface area (Å²) in [5.41, 5.74) is 5.10. The Bertz CT molecular complexity index is 931. The van der Waals surface area contributed by atoms with Gasteiger partial charge in [-0.1, -0.05) is 41.4 Å². The number of nitrogens with one attached hydrogen (secondary N) is 1. The predicted molar refractivity (Wildman–Crippen MR) is 100 cm³/mol. The molecule has 5 heteroatoms. The molecule has 128 valence electrons. The second-order valence-electron chi connectivity index (χ2n) is 6.33. The highest BCUT2D eigenvalue weighted by molar-refractivity contribution is 6.36. The van der Waals surface area contributed by atoms with Gasteiger partial charge in [-0.25, -0.2) is 0 Å². The Morgan fingerprint density at radius 3 is 2.28 bits per heavy atom. The van der Waals surface area contributed by atoms with Gasteiger partial charge in [0, 0.05) is 17.8 Å². The highest BCUT2D eigenvalue weighted by Crippen LogP contribution is 2.32. The van der Waals surface area contributed by atoms with E-state index in [4.69, 9.17) is 11.6 Å². The van der Waals surface area contributed by atoms with E-state index in [1.54, 1.807) is 6.07 Å². The number of rotatable bonds is 3. The number of imide groups is 1. The summed E-state index contributed by atoms with van der Waals surface area (Å²) in [4.78, 5) is 26.4. The van der Waals surface area contributed by atoms with E-state index in [1.807, 2.05) is 51.1 Å². The van der Waals surface area contributed by atoms with E-state index in [-0.39, 0.29) is 17.5 Å². The van der Waals surface area contributed by atoms with Crippen LogP contribution in [-0.2, 0) is 9.59 Å². The molecule has 0 unspecified atom stereocenters. The zero-order chi connectivity index (χ0) is 18.3. The van der Waals surface area contributed by atoms with Crippen molar-refractivity contribution in [3.63, 3.8) is 0 Å². The predicted octanol–water partition coefficient (Wildman–Crippen LogP) is 4.09. The maximum absolute atomic E-state index is 12.7. The molecule has 0 aliphatic carbocycles. The molecule has 4 nitrogen and oxygen atoms in total. The molecule has 0 saturated heterocycles. The van der Waals surface area contributed by atoms with Crippen LogP contribution < -0.4 is 5.32 Å². The fraction of sp³-hybridized carbons (Fsp3) is 0.200. The average molecular weight is 355 g/mol. The number of amides is 2. The van der Waals surface area contributed by atoms with Crippen LogP contribution in [0.25, 0.3) is 5.57 Å². The molecule has 25 heavy (non-hydrogen) atoms. The third-order valence-electron chi connectivity index (χ3n) is 4.38. The zero-order valence-electron chi connectivity index (χ0n) is 14.6. The van der Waals surface area contributed by atoms with E-state index in [1.165, 1.54) is 7.05 Å². The molecule has 0 spiro atoms. The molecule has 0 radical (unpaired) electrons. The lowest BCUT2D eigenvalue weighted by Crippen LogP contribution is -2.28. The van der Waals surface area contributed by atoms with Gasteiger partial charge in [-0.2, -0.15) is 0 Å². The normalized spacial score (nSPS) is 14.5. The Balaban J connectivity index is 2.13. The van der Waals surface area contributed by atoms with Crippen molar-refractivity contribution in [2.45, 2.75) is 20.8 Å². The van der Waals surface area contributed by atoms with E-state index in [0.29, 0.717) is 16.3 Å². The highest BCUT2D eigenvalue weighted by atomic mass is 35.5. The summed E-state index contributed by atoms with van der Waals surface area (Å²) in [6, 6.07) is 11.3. The number of likely N-dealkylation sites (N-methyl/N-ethyl adjacent to an activating group) is 1. The van der Waals surface area contributed by atoms with Crippen LogP contribution in [0.2, 0.25) is 5.02 Å². The largest absolute Gasteiger partial charge is 0.350 e. The van der Waals surface area contributed by atoms with E-state index in [2.05, 4.69) is 5.32 Å². The summed E-state index contributed by atoms with van der Waals surface area (Å²) in [5.74, 6) is -0.658. The molecule has 0 bridgehead atoms. The lowest BCUT2D eigenvalue weighted by molar-refractivity contribution is -0.135. The minimum atomic E-state index is -0.350. The molecule has 0 aromatic heterocycles. The number of hydrogen-bond acceptors (Lipinski definition) is 3. The van der Waals surface area contributed by atoms with Crippen LogP contribution in [0.3, 0.4) is 0 Å². The fourth-order valence-corrected chi connectivity index (χ4v) is 3.10. The van der Waals surface area contributed by atoms with Gasteiger partial charge in [0.2, 0.25) is 0 Å². The molecule has 2 amide bonds. The van der Waals surface area contributed by atoms with Crippen molar-refractivity contribution in [3.05, 3.63) is 69.4 Å². The van der Waals surface area contributed by atoms with E-state index < -0.39 is 0 Å². The number of carbonyl (C=O) groups excluding carboxylic acids is 2. The van der Waals surface area contributed by atoms with Gasteiger partial charge in [0.25, 0.3) is 11.8 Å². The monoisotopic (exact) mass is 354 g/mol. The second kappa shape index (κ2) is 6.37. The van der Waals surface area contributed by atoms with Gasteiger partial charge in [-0.15, -0.1) is 0 Å². The van der Waals surface area contributed by atoms with Crippen molar-refractivity contribution in [1.82, 2.24) is 4.90 Å². The number of benzene rings is 2. The summed E-state index contributed by atoms with van der Waals surface area (Å²) in [6.07, 6.45) is 0. The van der Waals surface area contributed by atoms with Crippen LogP contribution in [0.1, 0.15) is 22.3 Å². The molecule has 3 rings (SSSR count). The highest BCUT2D eigenvalue weighted by Gasteiger charge is 2.37. The van der Waals surface area contributed by atoms with Crippen molar-refractivity contribution in [2.24, 2.45) is 0 Å². The molecule has 1 heterocycles. The SMILES string of the molecule is Cc1ccc(C2=C(Nc3ccc(C)c(Cl)c3)C(=O)N(C)C2=O)c(C)c1. The summed E-state index contributed by atoms with van der Waals surface area (Å²) in [5, 5.41) is 3.69. The average Bonchev–Trinajstić information content (AvgIpc) is 2.76. The third-order valence-corrected chi connectivity index (χ3v) is 4.79. The number of carbonyl (C=O) groups is 2. The van der Waals surface area contributed by atoms with Crippen LogP contribution in [0.15, 0.2) is 42.1 Å². The third kappa shape index (κ3) is 3.05. The van der Waals surface area contributed by atoms with Gasteiger partial charge in [0.1, 0.15) is 5.70 Å². The van der Waals surface area contributed by atoms with Crippen LogP contribution in [0.5, 0.6) is 0 Å². The van der Waals surface area contributed by atoms with Crippen LogP contribution in [0, 0.1) is 20.8 Å². The number of nitrogens with zero attached hydrogens (tertiary/aromatic N) is 1. The molecule has 0 saturated carbocycles. The zero-order valence-corrected chi connectivity index (χ0v) is 15.4. The summed E-state index contributed by atoms with van der Waals surface area (Å²) >= 11 is 6.17. The molecule has 1 aliphatic rings. The maximum Gasteiger partial charge on any atom is 0.277 e. The van der Waals surface area contributed by atoms with Crippen molar-refractivity contribution in [1.29, 1.82) is 0 Å². The van der Waals surface area contributed by atoms with Crippen molar-refractivity contribution in [2.75, 3.05) is 12.4 Å². The number of hydrogen-bond donors (Lipinski definition) is 1. The minimum absolute atomic E-state index is 0.277. The summed E-state index contributed by atoms with van der Waals surface area (Å²) < 4.78 is 0. The first-order valence-electron chi connectivity index (χ1n) is 7.97. The fourth-order valence-electron chi connectivity index (χ4n) is 2.92. The quantitative estimate of drug-likeness (QED) is 0.845. The van der Waals surface area contributed by atoms with Gasteiger partial charge in [-0.05, 0) is 49.6 Å². The molecule has 2 aromatic rings. The lowest BCUT2D eigenvalue weighted by atomic mass is 9.97. The first-order valence-corrected chi connectivity index (χ1v) is 8.35. The van der Waals surface area contributed by atoms with Gasteiger partial charge >= 0.3 is 0 Å². The molecule has 0 atom stereocenters. The van der Waals surface area contributed by atoms with Crippen LogP contribution in [0.4, 0.5) is 5.69 Å². The van der Waals surface area contributed by atoms with E-state index in [9.17, 15) is 9.59 Å². The van der Waals surface area contributed by atoms with E-state index in [0.717, 1.165) is 27.2 Å². The van der Waals surface area contributed by atoms with Crippen molar-refractivity contribution >= 4 is 34.7 Å². The first-order chi connectivity index (χ1) is 11.8. The molecule has 1 N–H and O–H groups in total. The summed E-state index contributed by atoms with van der Waals surface area (Å²) in [6.45, 7) is 5.84.